The smallest absolute Gasteiger partial charge is 0.0387 e. The lowest BCUT2D eigenvalue weighted by Crippen LogP contribution is -2.05. The maximum atomic E-state index is 6.03. The van der Waals surface area contributed by atoms with Gasteiger partial charge in [0.2, 0.25) is 0 Å². The van der Waals surface area contributed by atoms with Gasteiger partial charge in [-0.2, -0.15) is 0 Å². The number of rotatable bonds is 3. The summed E-state index contributed by atoms with van der Waals surface area (Å²) in [5.74, 6) is 0. The van der Waals surface area contributed by atoms with Gasteiger partial charge in [0.15, 0.2) is 0 Å². The van der Waals surface area contributed by atoms with E-state index in [1.807, 2.05) is 0 Å². The minimum Gasteiger partial charge on any atom is -0.323 e. The molecule has 1 aromatic carbocycles. The molecule has 1 atom stereocenters. The molecular weight excluding hydrogens is 214 g/mol. The Bertz CT molecular complexity index is 473. The molecule has 1 unspecified atom stereocenters. The van der Waals surface area contributed by atoms with Crippen LogP contribution in [0.3, 0.4) is 0 Å². The van der Waals surface area contributed by atoms with Gasteiger partial charge in [-0.1, -0.05) is 36.8 Å². The Morgan fingerprint density at radius 3 is 2.75 bits per heavy atom. The van der Waals surface area contributed by atoms with E-state index in [-0.39, 0.29) is 6.04 Å². The number of hydrogen-bond acceptors (Lipinski definition) is 2. The monoisotopic (exact) mass is 231 g/mol. The summed E-state index contributed by atoms with van der Waals surface area (Å²) in [5.41, 5.74) is 8.62. The number of thiophene rings is 1. The zero-order chi connectivity index (χ0) is 11.5. The molecule has 84 valence electrons. The summed E-state index contributed by atoms with van der Waals surface area (Å²) in [5, 5.41) is 0. The van der Waals surface area contributed by atoms with Gasteiger partial charge in [0, 0.05) is 15.8 Å². The second-order valence-corrected chi connectivity index (χ2v) is 5.20. The molecule has 0 saturated carbocycles. The predicted octanol–water partition coefficient (Wildman–Crippen LogP) is 4.13. The molecule has 0 bridgehead atoms. The van der Waals surface area contributed by atoms with Gasteiger partial charge in [0.05, 0.1) is 0 Å². The molecule has 16 heavy (non-hydrogen) atoms. The van der Waals surface area contributed by atoms with E-state index in [4.69, 9.17) is 5.73 Å². The van der Waals surface area contributed by atoms with E-state index in [9.17, 15) is 0 Å². The summed E-state index contributed by atoms with van der Waals surface area (Å²) in [4.78, 5) is 2.58. The zero-order valence-corrected chi connectivity index (χ0v) is 10.6. The zero-order valence-electron chi connectivity index (χ0n) is 9.73. The maximum Gasteiger partial charge on any atom is 0.0387 e. The van der Waals surface area contributed by atoms with Crippen molar-refractivity contribution in [3.8, 4) is 10.4 Å². The number of aryl methyl sites for hydroxylation is 1. The summed E-state index contributed by atoms with van der Waals surface area (Å²) in [7, 11) is 0. The van der Waals surface area contributed by atoms with E-state index in [1.165, 1.54) is 20.9 Å². The van der Waals surface area contributed by atoms with E-state index in [2.05, 4.69) is 50.2 Å². The quantitative estimate of drug-likeness (QED) is 0.844. The second-order valence-electron chi connectivity index (χ2n) is 4.09. The minimum absolute atomic E-state index is 0.184. The molecule has 0 amide bonds. The third kappa shape index (κ3) is 2.34. The molecular formula is C14H17NS. The number of hydrogen-bond donors (Lipinski definition) is 1. The molecule has 0 aliphatic heterocycles. The molecule has 0 radical (unpaired) electrons. The molecule has 2 rings (SSSR count). The number of benzene rings is 1. The van der Waals surface area contributed by atoms with Crippen molar-refractivity contribution in [1.82, 2.24) is 0 Å². The lowest BCUT2D eigenvalue weighted by Gasteiger charge is -2.04. The summed E-state index contributed by atoms with van der Waals surface area (Å²) in [6, 6.07) is 13.1. The van der Waals surface area contributed by atoms with Crippen LogP contribution in [0.15, 0.2) is 36.4 Å². The standard InChI is InChI=1S/C14H17NS/c1-3-12(15)14-8-7-13(16-14)11-6-4-5-10(2)9-11/h4-9,12H,3,15H2,1-2H3. The van der Waals surface area contributed by atoms with Crippen molar-refractivity contribution in [2.24, 2.45) is 5.73 Å². The van der Waals surface area contributed by atoms with E-state index >= 15 is 0 Å². The van der Waals surface area contributed by atoms with Crippen molar-refractivity contribution >= 4 is 11.3 Å². The molecule has 1 heterocycles. The number of nitrogens with two attached hydrogens (primary N) is 1. The fraction of sp³-hybridized carbons (Fsp3) is 0.286. The van der Waals surface area contributed by atoms with Crippen LogP contribution in [-0.2, 0) is 0 Å². The van der Waals surface area contributed by atoms with Crippen LogP contribution in [0.2, 0.25) is 0 Å². The average molecular weight is 231 g/mol. The fourth-order valence-corrected chi connectivity index (χ4v) is 2.80. The van der Waals surface area contributed by atoms with Gasteiger partial charge in [-0.05, 0) is 31.0 Å². The highest BCUT2D eigenvalue weighted by molar-refractivity contribution is 7.15. The van der Waals surface area contributed by atoms with E-state index in [0.29, 0.717) is 0 Å². The molecule has 0 aliphatic rings. The second kappa shape index (κ2) is 4.81. The normalized spacial score (nSPS) is 12.7. The van der Waals surface area contributed by atoms with Crippen LogP contribution >= 0.6 is 11.3 Å². The van der Waals surface area contributed by atoms with Gasteiger partial charge in [-0.25, -0.2) is 0 Å². The van der Waals surface area contributed by atoms with Crippen LogP contribution in [-0.4, -0.2) is 0 Å². The maximum absolute atomic E-state index is 6.03. The Balaban J connectivity index is 2.31. The molecule has 0 fully saturated rings. The largest absolute Gasteiger partial charge is 0.323 e. The van der Waals surface area contributed by atoms with E-state index < -0.39 is 0 Å². The molecule has 2 heteroatoms. The van der Waals surface area contributed by atoms with Crippen molar-refractivity contribution in [2.75, 3.05) is 0 Å². The summed E-state index contributed by atoms with van der Waals surface area (Å²) in [6.07, 6.45) is 0.994. The van der Waals surface area contributed by atoms with Crippen LogP contribution in [0.1, 0.15) is 29.8 Å². The van der Waals surface area contributed by atoms with E-state index in [0.717, 1.165) is 6.42 Å². The summed E-state index contributed by atoms with van der Waals surface area (Å²) in [6.45, 7) is 4.24. The molecule has 1 aromatic heterocycles. The summed E-state index contributed by atoms with van der Waals surface area (Å²) >= 11 is 1.80. The van der Waals surface area contributed by atoms with Crippen LogP contribution in [0.4, 0.5) is 0 Å². The first-order valence-electron chi connectivity index (χ1n) is 5.63. The Hall–Kier alpha value is -1.12. The van der Waals surface area contributed by atoms with Crippen molar-refractivity contribution < 1.29 is 0 Å². The Labute approximate surface area is 101 Å². The van der Waals surface area contributed by atoms with Crippen LogP contribution < -0.4 is 5.73 Å². The minimum atomic E-state index is 0.184. The lowest BCUT2D eigenvalue weighted by molar-refractivity contribution is 0.712. The van der Waals surface area contributed by atoms with Crippen molar-refractivity contribution in [3.63, 3.8) is 0 Å². The van der Waals surface area contributed by atoms with Gasteiger partial charge in [0.1, 0.15) is 0 Å². The van der Waals surface area contributed by atoms with Gasteiger partial charge < -0.3 is 5.73 Å². The molecule has 1 nitrogen and oxygen atoms in total. The predicted molar refractivity (Wildman–Crippen MR) is 71.7 cm³/mol. The highest BCUT2D eigenvalue weighted by Crippen LogP contribution is 2.31. The van der Waals surface area contributed by atoms with Crippen LogP contribution in [0.25, 0.3) is 10.4 Å². The Kier molecular flexibility index (Phi) is 3.42. The fourth-order valence-electron chi connectivity index (χ4n) is 1.71. The molecule has 2 aromatic rings. The topological polar surface area (TPSA) is 26.0 Å². The van der Waals surface area contributed by atoms with Crippen LogP contribution in [0, 0.1) is 6.92 Å². The molecule has 0 saturated heterocycles. The van der Waals surface area contributed by atoms with Gasteiger partial charge >= 0.3 is 0 Å². The third-order valence-electron chi connectivity index (χ3n) is 2.73. The first-order valence-corrected chi connectivity index (χ1v) is 6.44. The molecule has 0 aliphatic carbocycles. The SMILES string of the molecule is CCC(N)c1ccc(-c2cccc(C)c2)s1. The van der Waals surface area contributed by atoms with E-state index in [1.54, 1.807) is 11.3 Å². The van der Waals surface area contributed by atoms with Gasteiger partial charge in [-0.15, -0.1) is 11.3 Å². The molecule has 0 spiro atoms. The van der Waals surface area contributed by atoms with Gasteiger partial charge in [-0.3, -0.25) is 0 Å². The highest BCUT2D eigenvalue weighted by Gasteiger charge is 2.08. The van der Waals surface area contributed by atoms with Crippen molar-refractivity contribution in [1.29, 1.82) is 0 Å². The van der Waals surface area contributed by atoms with Crippen molar-refractivity contribution in [2.45, 2.75) is 26.3 Å². The molecule has 2 N–H and O–H groups in total. The summed E-state index contributed by atoms with van der Waals surface area (Å²) < 4.78 is 0. The highest BCUT2D eigenvalue weighted by atomic mass is 32.1. The Morgan fingerprint density at radius 2 is 2.06 bits per heavy atom. The van der Waals surface area contributed by atoms with Crippen LogP contribution in [0.5, 0.6) is 0 Å². The van der Waals surface area contributed by atoms with Gasteiger partial charge in [0.25, 0.3) is 0 Å². The van der Waals surface area contributed by atoms with Crippen molar-refractivity contribution in [3.05, 3.63) is 46.8 Å². The lowest BCUT2D eigenvalue weighted by atomic mass is 10.1. The first-order chi connectivity index (χ1) is 7.70. The Morgan fingerprint density at radius 1 is 1.25 bits per heavy atom. The average Bonchev–Trinajstić information content (AvgIpc) is 2.77. The third-order valence-corrected chi connectivity index (χ3v) is 4.00. The first kappa shape index (κ1) is 11.4.